The summed E-state index contributed by atoms with van der Waals surface area (Å²) in [4.78, 5) is 18.8. The Hall–Kier alpha value is -3.59. The minimum atomic E-state index is -0.407. The van der Waals surface area contributed by atoms with Crippen LogP contribution in [0.3, 0.4) is 0 Å². The first-order valence-corrected chi connectivity index (χ1v) is 9.34. The minimum Gasteiger partial charge on any atom is -0.269 e. The Bertz CT molecular complexity index is 1080. The van der Waals surface area contributed by atoms with Crippen LogP contribution in [0.5, 0.6) is 0 Å². The number of non-ortho nitro benzene ring substituents is 1. The van der Waals surface area contributed by atoms with Crippen LogP contribution in [0.1, 0.15) is 5.56 Å². The molecule has 0 bridgehead atoms. The summed E-state index contributed by atoms with van der Waals surface area (Å²) in [5.74, 6) is 1.20. The molecule has 9 heteroatoms. The van der Waals surface area contributed by atoms with Gasteiger partial charge in [0.05, 0.1) is 11.1 Å². The Morgan fingerprint density at radius 1 is 1.00 bits per heavy atom. The lowest BCUT2D eigenvalue weighted by Crippen LogP contribution is -2.00. The maximum Gasteiger partial charge on any atom is 0.269 e. The lowest BCUT2D eigenvalue weighted by molar-refractivity contribution is -0.384. The van der Waals surface area contributed by atoms with Crippen molar-refractivity contribution >= 4 is 17.4 Å². The second kappa shape index (κ2) is 7.97. The summed E-state index contributed by atoms with van der Waals surface area (Å²) in [7, 11) is 0. The van der Waals surface area contributed by atoms with Crippen molar-refractivity contribution in [1.82, 2.24) is 24.7 Å². The molecule has 0 radical (unpaired) electrons. The van der Waals surface area contributed by atoms with Gasteiger partial charge in [-0.1, -0.05) is 42.1 Å². The van der Waals surface area contributed by atoms with Crippen molar-refractivity contribution in [1.29, 1.82) is 0 Å². The molecule has 2 aromatic carbocycles. The number of benzene rings is 2. The highest BCUT2D eigenvalue weighted by atomic mass is 32.2. The molecule has 0 saturated heterocycles. The molecule has 0 saturated carbocycles. The molecule has 0 aliphatic rings. The monoisotopic (exact) mass is 390 g/mol. The SMILES string of the molecule is O=[N+]([O-])c1ccc(CSc2nnc(-c3cnccn3)n2-c2ccccc2)cc1. The normalized spacial score (nSPS) is 10.7. The summed E-state index contributed by atoms with van der Waals surface area (Å²) in [6.45, 7) is 0. The van der Waals surface area contributed by atoms with Crippen molar-refractivity contribution in [3.05, 3.63) is 88.9 Å². The van der Waals surface area contributed by atoms with Gasteiger partial charge in [0.1, 0.15) is 5.69 Å². The van der Waals surface area contributed by atoms with E-state index in [2.05, 4.69) is 20.2 Å². The second-order valence-corrected chi connectivity index (χ2v) is 6.72. The van der Waals surface area contributed by atoms with Gasteiger partial charge >= 0.3 is 0 Å². The van der Waals surface area contributed by atoms with Gasteiger partial charge in [-0.2, -0.15) is 0 Å². The van der Waals surface area contributed by atoms with Crippen LogP contribution in [0, 0.1) is 10.1 Å². The van der Waals surface area contributed by atoms with Crippen molar-refractivity contribution < 1.29 is 4.92 Å². The largest absolute Gasteiger partial charge is 0.269 e. The van der Waals surface area contributed by atoms with Crippen LogP contribution >= 0.6 is 11.8 Å². The van der Waals surface area contributed by atoms with E-state index >= 15 is 0 Å². The first-order chi connectivity index (χ1) is 13.7. The molecule has 2 heterocycles. The van der Waals surface area contributed by atoms with Gasteiger partial charge in [-0.25, -0.2) is 4.98 Å². The van der Waals surface area contributed by atoms with Crippen molar-refractivity contribution in [3.63, 3.8) is 0 Å². The lowest BCUT2D eigenvalue weighted by Gasteiger charge is -2.09. The molecule has 0 unspecified atom stereocenters. The molecule has 0 fully saturated rings. The molecule has 4 aromatic rings. The third-order valence-electron chi connectivity index (χ3n) is 3.96. The zero-order valence-electron chi connectivity index (χ0n) is 14.5. The highest BCUT2D eigenvalue weighted by Crippen LogP contribution is 2.29. The molecule has 138 valence electrons. The molecular weight excluding hydrogens is 376 g/mol. The highest BCUT2D eigenvalue weighted by Gasteiger charge is 2.17. The van der Waals surface area contributed by atoms with Crippen LogP contribution in [-0.2, 0) is 5.75 Å². The minimum absolute atomic E-state index is 0.0751. The Morgan fingerprint density at radius 2 is 1.79 bits per heavy atom. The number of nitro groups is 1. The molecule has 0 atom stereocenters. The molecule has 0 amide bonds. The average Bonchev–Trinajstić information content (AvgIpc) is 3.18. The maximum atomic E-state index is 10.8. The van der Waals surface area contributed by atoms with E-state index < -0.39 is 4.92 Å². The van der Waals surface area contributed by atoms with E-state index in [1.54, 1.807) is 30.7 Å². The summed E-state index contributed by atoms with van der Waals surface area (Å²) in [6.07, 6.45) is 4.87. The first kappa shape index (κ1) is 17.8. The van der Waals surface area contributed by atoms with E-state index in [9.17, 15) is 10.1 Å². The van der Waals surface area contributed by atoms with Crippen LogP contribution in [0.4, 0.5) is 5.69 Å². The van der Waals surface area contributed by atoms with Gasteiger partial charge in [-0.3, -0.25) is 19.7 Å². The fourth-order valence-corrected chi connectivity index (χ4v) is 3.52. The van der Waals surface area contributed by atoms with Gasteiger partial charge < -0.3 is 0 Å². The Morgan fingerprint density at radius 3 is 2.46 bits per heavy atom. The molecule has 0 aliphatic carbocycles. The van der Waals surface area contributed by atoms with E-state index in [0.717, 1.165) is 11.3 Å². The number of hydrogen-bond donors (Lipinski definition) is 0. The summed E-state index contributed by atoms with van der Waals surface area (Å²) in [5.41, 5.74) is 2.57. The van der Waals surface area contributed by atoms with Gasteiger partial charge in [0.25, 0.3) is 5.69 Å². The molecule has 0 spiro atoms. The van der Waals surface area contributed by atoms with E-state index in [1.165, 1.54) is 23.9 Å². The predicted molar refractivity (Wildman–Crippen MR) is 105 cm³/mol. The summed E-state index contributed by atoms with van der Waals surface area (Å²) in [5, 5.41) is 20.1. The fourth-order valence-electron chi connectivity index (χ4n) is 2.62. The molecule has 28 heavy (non-hydrogen) atoms. The number of aromatic nitrogens is 5. The number of hydrogen-bond acceptors (Lipinski definition) is 7. The highest BCUT2D eigenvalue weighted by molar-refractivity contribution is 7.98. The van der Waals surface area contributed by atoms with Crippen molar-refractivity contribution in [3.8, 4) is 17.2 Å². The molecule has 0 N–H and O–H groups in total. The van der Waals surface area contributed by atoms with Gasteiger partial charge in [0, 0.05) is 36.0 Å². The van der Waals surface area contributed by atoms with E-state index in [1.807, 2.05) is 34.9 Å². The molecule has 8 nitrogen and oxygen atoms in total. The second-order valence-electron chi connectivity index (χ2n) is 5.78. The first-order valence-electron chi connectivity index (χ1n) is 8.36. The fraction of sp³-hybridized carbons (Fsp3) is 0.0526. The van der Waals surface area contributed by atoms with Crippen LogP contribution in [0.15, 0.2) is 78.3 Å². The predicted octanol–water partition coefficient (Wildman–Crippen LogP) is 3.92. The average molecular weight is 390 g/mol. The summed E-state index contributed by atoms with van der Waals surface area (Å²) >= 11 is 1.50. The third-order valence-corrected chi connectivity index (χ3v) is 4.96. The molecule has 4 rings (SSSR count). The van der Waals surface area contributed by atoms with Gasteiger partial charge in [0.2, 0.25) is 0 Å². The van der Waals surface area contributed by atoms with Crippen molar-refractivity contribution in [2.75, 3.05) is 0 Å². The van der Waals surface area contributed by atoms with Crippen LogP contribution < -0.4 is 0 Å². The lowest BCUT2D eigenvalue weighted by atomic mass is 10.2. The Kier molecular flexibility index (Phi) is 5.07. The van der Waals surface area contributed by atoms with Crippen molar-refractivity contribution in [2.45, 2.75) is 10.9 Å². The summed E-state index contributed by atoms with van der Waals surface area (Å²) in [6, 6.07) is 16.3. The quantitative estimate of drug-likeness (QED) is 0.279. The number of nitro benzene ring substituents is 1. The van der Waals surface area contributed by atoms with Crippen molar-refractivity contribution in [2.24, 2.45) is 0 Å². The number of thioether (sulfide) groups is 1. The standard InChI is InChI=1S/C19H14N6O2S/c26-25(27)16-8-6-14(7-9-16)13-28-19-23-22-18(17-12-20-10-11-21-17)24(19)15-4-2-1-3-5-15/h1-12H,13H2. The van der Waals surface area contributed by atoms with Gasteiger partial charge in [-0.05, 0) is 17.7 Å². The number of rotatable bonds is 6. The molecular formula is C19H14N6O2S. The number of nitrogens with zero attached hydrogens (tertiary/aromatic N) is 6. The van der Waals surface area contributed by atoms with E-state index in [4.69, 9.17) is 0 Å². The Labute approximate surface area is 164 Å². The smallest absolute Gasteiger partial charge is 0.269 e. The number of para-hydroxylation sites is 1. The maximum absolute atomic E-state index is 10.8. The van der Waals surface area contributed by atoms with Gasteiger partial charge in [-0.15, -0.1) is 10.2 Å². The van der Waals surface area contributed by atoms with E-state index in [0.29, 0.717) is 22.4 Å². The zero-order chi connectivity index (χ0) is 19.3. The van der Waals surface area contributed by atoms with Crippen LogP contribution in [0.2, 0.25) is 0 Å². The molecule has 2 aromatic heterocycles. The van der Waals surface area contributed by atoms with Crippen LogP contribution in [-0.4, -0.2) is 29.7 Å². The zero-order valence-corrected chi connectivity index (χ0v) is 15.4. The summed E-state index contributed by atoms with van der Waals surface area (Å²) < 4.78 is 1.93. The topological polar surface area (TPSA) is 99.6 Å². The third kappa shape index (κ3) is 3.74. The van der Waals surface area contributed by atoms with Crippen LogP contribution in [0.25, 0.3) is 17.2 Å². The van der Waals surface area contributed by atoms with E-state index in [-0.39, 0.29) is 5.69 Å². The van der Waals surface area contributed by atoms with Gasteiger partial charge in [0.15, 0.2) is 11.0 Å². The Balaban J connectivity index is 1.65. The molecule has 0 aliphatic heterocycles.